The number of rotatable bonds is 3. The Hall–Kier alpha value is -2.50. The van der Waals surface area contributed by atoms with E-state index in [-0.39, 0.29) is 0 Å². The van der Waals surface area contributed by atoms with Crippen LogP contribution in [0.3, 0.4) is 0 Å². The van der Waals surface area contributed by atoms with Gasteiger partial charge in [0.1, 0.15) is 5.00 Å². The maximum Gasteiger partial charge on any atom is 0.261 e. The van der Waals surface area contributed by atoms with Gasteiger partial charge in [0, 0.05) is 23.2 Å². The van der Waals surface area contributed by atoms with Gasteiger partial charge < -0.3 is 9.51 Å². The average Bonchev–Trinajstić information content (AvgIpc) is 3.06. The highest BCUT2D eigenvalue weighted by molar-refractivity contribution is 7.16. The first-order chi connectivity index (χ1) is 12.9. The number of nitrogens with one attached hydrogen (secondary N) is 1. The number of carbonyl (C=O) groups excluding carboxylic acids is 1. The van der Waals surface area contributed by atoms with Crippen molar-refractivity contribution in [3.63, 3.8) is 0 Å². The maximum absolute atomic E-state index is 10.7. The highest BCUT2D eigenvalue weighted by Gasteiger charge is 2.31. The topological polar surface area (TPSA) is 84.1 Å². The third-order valence-corrected chi connectivity index (χ3v) is 5.83. The molecule has 0 aliphatic heterocycles. The van der Waals surface area contributed by atoms with E-state index in [1.165, 1.54) is 23.3 Å². The van der Waals surface area contributed by atoms with Gasteiger partial charge in [-0.1, -0.05) is 11.6 Å². The van der Waals surface area contributed by atoms with E-state index >= 15 is 0 Å². The standard InChI is InChI=1S/C15H15N3O2S.C4H5N/c19-8-16-15-12(10-4-2-1-3-5-11(10)21-15)14-17-13(18-20-14)9-6-7-9;1-2-4-5-3-1/h9H,1-7H2;1-5H. The van der Waals surface area contributed by atoms with Crippen molar-refractivity contribution in [1.82, 2.24) is 15.1 Å². The fourth-order valence-corrected chi connectivity index (χ4v) is 4.39. The van der Waals surface area contributed by atoms with E-state index < -0.39 is 0 Å². The Morgan fingerprint density at radius 1 is 1.19 bits per heavy atom. The molecule has 0 amide bonds. The van der Waals surface area contributed by atoms with Crippen LogP contribution in [0.2, 0.25) is 0 Å². The summed E-state index contributed by atoms with van der Waals surface area (Å²) in [5, 5.41) is 4.76. The van der Waals surface area contributed by atoms with Gasteiger partial charge in [-0.2, -0.15) is 9.98 Å². The summed E-state index contributed by atoms with van der Waals surface area (Å²) in [6.07, 6.45) is 13.3. The molecular formula is C19H20N4O2S. The maximum atomic E-state index is 10.7. The Kier molecular flexibility index (Phi) is 5.09. The number of thiophene rings is 1. The summed E-state index contributed by atoms with van der Waals surface area (Å²) in [5.74, 6) is 1.77. The van der Waals surface area contributed by atoms with Crippen LogP contribution >= 0.6 is 11.3 Å². The van der Waals surface area contributed by atoms with Crippen molar-refractivity contribution in [3.8, 4) is 11.5 Å². The molecule has 1 fully saturated rings. The average molecular weight is 368 g/mol. The number of aromatic nitrogens is 3. The van der Waals surface area contributed by atoms with Crippen LogP contribution in [-0.2, 0) is 17.6 Å². The normalized spacial score (nSPS) is 16.0. The van der Waals surface area contributed by atoms with Crippen molar-refractivity contribution in [2.45, 2.75) is 50.9 Å². The van der Waals surface area contributed by atoms with Gasteiger partial charge in [0.2, 0.25) is 6.08 Å². The van der Waals surface area contributed by atoms with Crippen molar-refractivity contribution >= 4 is 22.4 Å². The lowest BCUT2D eigenvalue weighted by Crippen LogP contribution is -1.89. The molecule has 0 radical (unpaired) electrons. The number of aliphatic imine (C=N–C) groups is 1. The monoisotopic (exact) mass is 368 g/mol. The van der Waals surface area contributed by atoms with Gasteiger partial charge in [-0.15, -0.1) is 11.3 Å². The zero-order valence-corrected chi connectivity index (χ0v) is 15.2. The molecular weight excluding hydrogens is 348 g/mol. The molecule has 0 unspecified atom stereocenters. The molecule has 0 bridgehead atoms. The first-order valence-corrected chi connectivity index (χ1v) is 9.82. The Labute approximate surface area is 155 Å². The van der Waals surface area contributed by atoms with Crippen molar-refractivity contribution < 1.29 is 9.32 Å². The highest BCUT2D eigenvalue weighted by atomic mass is 32.1. The van der Waals surface area contributed by atoms with Gasteiger partial charge in [0.25, 0.3) is 5.89 Å². The first kappa shape index (κ1) is 16.9. The molecule has 0 aromatic carbocycles. The van der Waals surface area contributed by atoms with E-state index in [1.807, 2.05) is 24.5 Å². The van der Waals surface area contributed by atoms with Crippen LogP contribution < -0.4 is 0 Å². The summed E-state index contributed by atoms with van der Waals surface area (Å²) in [6.45, 7) is 0. The summed E-state index contributed by atoms with van der Waals surface area (Å²) in [4.78, 5) is 23.3. The molecule has 5 rings (SSSR count). The van der Waals surface area contributed by atoms with E-state index in [2.05, 4.69) is 20.1 Å². The molecule has 7 heteroatoms. The zero-order chi connectivity index (χ0) is 17.8. The van der Waals surface area contributed by atoms with Crippen LogP contribution in [0.1, 0.15) is 54.3 Å². The summed E-state index contributed by atoms with van der Waals surface area (Å²) < 4.78 is 5.46. The van der Waals surface area contributed by atoms with E-state index in [9.17, 15) is 4.79 Å². The molecule has 3 aromatic heterocycles. The second-order valence-electron chi connectivity index (χ2n) is 6.56. The molecule has 3 aromatic rings. The molecule has 0 atom stereocenters. The number of hydrogen-bond acceptors (Lipinski definition) is 6. The van der Waals surface area contributed by atoms with Crippen molar-refractivity contribution in [1.29, 1.82) is 0 Å². The largest absolute Gasteiger partial charge is 0.368 e. The molecule has 6 nitrogen and oxygen atoms in total. The van der Waals surface area contributed by atoms with Gasteiger partial charge >= 0.3 is 0 Å². The van der Waals surface area contributed by atoms with E-state index in [1.54, 1.807) is 17.4 Å². The number of aromatic amines is 1. The minimum atomic E-state index is 0.456. The van der Waals surface area contributed by atoms with Crippen LogP contribution in [-0.4, -0.2) is 21.2 Å². The lowest BCUT2D eigenvalue weighted by Gasteiger charge is -2.00. The van der Waals surface area contributed by atoms with Crippen molar-refractivity contribution in [3.05, 3.63) is 40.8 Å². The highest BCUT2D eigenvalue weighted by Crippen LogP contribution is 2.46. The van der Waals surface area contributed by atoms with Crippen LogP contribution in [0, 0.1) is 0 Å². The number of H-pyrrole nitrogens is 1. The van der Waals surface area contributed by atoms with E-state index in [4.69, 9.17) is 4.52 Å². The lowest BCUT2D eigenvalue weighted by molar-refractivity contribution is 0.422. The van der Waals surface area contributed by atoms with Crippen LogP contribution in [0.15, 0.2) is 34.0 Å². The number of hydrogen-bond donors (Lipinski definition) is 1. The van der Waals surface area contributed by atoms with Crippen LogP contribution in [0.25, 0.3) is 11.5 Å². The van der Waals surface area contributed by atoms with E-state index in [0.717, 1.165) is 43.5 Å². The fraction of sp³-hybridized carbons (Fsp3) is 0.421. The number of isocyanates is 1. The third kappa shape index (κ3) is 3.69. The molecule has 134 valence electrons. The molecule has 0 spiro atoms. The number of aryl methyl sites for hydroxylation is 1. The first-order valence-electron chi connectivity index (χ1n) is 9.01. The van der Waals surface area contributed by atoms with Gasteiger partial charge in [0.15, 0.2) is 5.82 Å². The minimum Gasteiger partial charge on any atom is -0.368 e. The number of nitrogens with zero attached hydrogens (tertiary/aromatic N) is 3. The van der Waals surface area contributed by atoms with Gasteiger partial charge in [0.05, 0.1) is 5.56 Å². The Balaban J connectivity index is 0.000000292. The molecule has 3 heterocycles. The molecule has 2 aliphatic rings. The quantitative estimate of drug-likeness (QED) is 0.404. The van der Waals surface area contributed by atoms with Crippen molar-refractivity contribution in [2.75, 3.05) is 0 Å². The molecule has 2 aliphatic carbocycles. The summed E-state index contributed by atoms with van der Waals surface area (Å²) in [5.41, 5.74) is 2.12. The second-order valence-corrected chi connectivity index (χ2v) is 7.65. The Morgan fingerprint density at radius 3 is 2.69 bits per heavy atom. The summed E-state index contributed by atoms with van der Waals surface area (Å²) >= 11 is 1.57. The predicted molar refractivity (Wildman–Crippen MR) is 99.4 cm³/mol. The Morgan fingerprint density at radius 2 is 2.00 bits per heavy atom. The Bertz CT molecular complexity index is 885. The van der Waals surface area contributed by atoms with Gasteiger partial charge in [-0.25, -0.2) is 4.79 Å². The van der Waals surface area contributed by atoms with Crippen LogP contribution in [0.5, 0.6) is 0 Å². The fourth-order valence-electron chi connectivity index (χ4n) is 3.19. The third-order valence-electron chi connectivity index (χ3n) is 4.64. The SMILES string of the molecule is O=C=Nc1sc2c(c1-c1nc(C3CC3)no1)CCCCC2.c1cc[nH]c1. The summed E-state index contributed by atoms with van der Waals surface area (Å²) in [6, 6.07) is 3.89. The van der Waals surface area contributed by atoms with Crippen LogP contribution in [0.4, 0.5) is 5.00 Å². The van der Waals surface area contributed by atoms with E-state index in [0.29, 0.717) is 16.8 Å². The van der Waals surface area contributed by atoms with Gasteiger partial charge in [-0.3, -0.25) is 0 Å². The molecule has 1 saturated carbocycles. The smallest absolute Gasteiger partial charge is 0.261 e. The zero-order valence-electron chi connectivity index (χ0n) is 14.4. The minimum absolute atomic E-state index is 0.456. The summed E-state index contributed by atoms with van der Waals surface area (Å²) in [7, 11) is 0. The molecule has 0 saturated heterocycles. The predicted octanol–water partition coefficient (Wildman–Crippen LogP) is 4.93. The van der Waals surface area contributed by atoms with Crippen molar-refractivity contribution in [2.24, 2.45) is 4.99 Å². The molecule has 1 N–H and O–H groups in total. The molecule has 26 heavy (non-hydrogen) atoms. The van der Waals surface area contributed by atoms with Gasteiger partial charge in [-0.05, 0) is 56.2 Å². The number of fused-ring (bicyclic) bond motifs is 1. The lowest BCUT2D eigenvalue weighted by atomic mass is 10.1. The second kappa shape index (κ2) is 7.81.